The van der Waals surface area contributed by atoms with Crippen LogP contribution < -0.4 is 20.1 Å². The van der Waals surface area contributed by atoms with E-state index in [2.05, 4.69) is 53.3 Å². The van der Waals surface area contributed by atoms with Gasteiger partial charge in [0, 0.05) is 25.2 Å². The molecule has 0 spiro atoms. The number of methoxy groups -OCH3 is 1. The van der Waals surface area contributed by atoms with Crippen molar-refractivity contribution in [3.05, 3.63) is 35.4 Å². The zero-order valence-electron chi connectivity index (χ0n) is 22.3. The lowest BCUT2D eigenvalue weighted by molar-refractivity contribution is -0.123. The number of carbonyl (C=O) groups is 2. The van der Waals surface area contributed by atoms with E-state index in [9.17, 15) is 9.59 Å². The fourth-order valence-corrected chi connectivity index (χ4v) is 4.35. The van der Waals surface area contributed by atoms with Gasteiger partial charge in [-0.05, 0) is 43.4 Å². The van der Waals surface area contributed by atoms with E-state index in [-0.39, 0.29) is 30.3 Å². The van der Waals surface area contributed by atoms with Crippen molar-refractivity contribution in [3.8, 4) is 11.5 Å². The van der Waals surface area contributed by atoms with E-state index in [0.717, 1.165) is 13.0 Å². The molecule has 2 aliphatic rings. The molecule has 10 nitrogen and oxygen atoms in total. The van der Waals surface area contributed by atoms with Gasteiger partial charge < -0.3 is 20.1 Å². The number of aromatic nitrogens is 3. The number of nitrogens with zero attached hydrogens (tertiary/aromatic N) is 4. The maximum Gasteiger partial charge on any atom is 0.251 e. The summed E-state index contributed by atoms with van der Waals surface area (Å²) < 4.78 is 13.3. The van der Waals surface area contributed by atoms with Crippen LogP contribution >= 0.6 is 0 Å². The monoisotopic (exact) mass is 500 g/mol. The van der Waals surface area contributed by atoms with E-state index in [1.165, 1.54) is 0 Å². The van der Waals surface area contributed by atoms with Crippen molar-refractivity contribution in [2.75, 3.05) is 39.9 Å². The molecule has 2 N–H and O–H groups in total. The first-order valence-electron chi connectivity index (χ1n) is 12.7. The SMILES string of the molecule is COc1cc2ccc1OCCn1nc(C)nc1[C@H](C(C)C)NC(=O)CN(CC(C)C)CCCNC2=O. The predicted octanol–water partition coefficient (Wildman–Crippen LogP) is 2.58. The lowest BCUT2D eigenvalue weighted by Gasteiger charge is -2.27. The number of rotatable bonds is 4. The van der Waals surface area contributed by atoms with E-state index in [0.29, 0.717) is 60.9 Å². The lowest BCUT2D eigenvalue weighted by Crippen LogP contribution is -2.43. The standard InChI is InChI=1S/C26H40N6O4/c1-17(2)15-31-11-7-10-27-26(34)20-8-9-21(22(14-20)35-6)36-13-12-32-25(28-19(5)30-32)24(18(3)4)29-23(33)16-31/h8-9,14,17-18,24H,7,10-13,15-16H2,1-6H3,(H,27,34)(H,29,33)/t24-/m0/s1. The molecular weight excluding hydrogens is 460 g/mol. The van der Waals surface area contributed by atoms with Gasteiger partial charge in [-0.25, -0.2) is 9.67 Å². The van der Waals surface area contributed by atoms with Crippen LogP contribution in [0.4, 0.5) is 0 Å². The van der Waals surface area contributed by atoms with Crippen LogP contribution in [0.1, 0.15) is 62.2 Å². The Hall–Kier alpha value is -3.14. The Kier molecular flexibility index (Phi) is 9.69. The molecule has 3 heterocycles. The van der Waals surface area contributed by atoms with Crippen LogP contribution in [0.15, 0.2) is 18.2 Å². The second-order valence-corrected chi connectivity index (χ2v) is 9.98. The summed E-state index contributed by atoms with van der Waals surface area (Å²) in [5, 5.41) is 10.7. The minimum Gasteiger partial charge on any atom is -0.493 e. The largest absolute Gasteiger partial charge is 0.493 e. The van der Waals surface area contributed by atoms with Crippen LogP contribution in [0.3, 0.4) is 0 Å². The first-order chi connectivity index (χ1) is 17.2. The van der Waals surface area contributed by atoms with Gasteiger partial charge in [-0.3, -0.25) is 14.5 Å². The quantitative estimate of drug-likeness (QED) is 0.664. The van der Waals surface area contributed by atoms with Gasteiger partial charge in [0.25, 0.3) is 5.91 Å². The van der Waals surface area contributed by atoms with Gasteiger partial charge in [-0.15, -0.1) is 0 Å². The Balaban J connectivity index is 1.90. The number of benzene rings is 1. The van der Waals surface area contributed by atoms with Crippen molar-refractivity contribution in [2.24, 2.45) is 11.8 Å². The Bertz CT molecular complexity index is 1040. The number of hydrogen-bond donors (Lipinski definition) is 2. The van der Waals surface area contributed by atoms with Crippen molar-refractivity contribution in [2.45, 2.75) is 53.6 Å². The predicted molar refractivity (Wildman–Crippen MR) is 137 cm³/mol. The second kappa shape index (κ2) is 12.7. The van der Waals surface area contributed by atoms with Crippen LogP contribution in [0, 0.1) is 18.8 Å². The van der Waals surface area contributed by atoms with Crippen molar-refractivity contribution in [1.82, 2.24) is 30.3 Å². The van der Waals surface area contributed by atoms with Crippen LogP contribution in [0.2, 0.25) is 0 Å². The van der Waals surface area contributed by atoms with Crippen molar-refractivity contribution >= 4 is 11.8 Å². The molecule has 0 saturated heterocycles. The van der Waals surface area contributed by atoms with E-state index in [4.69, 9.17) is 9.47 Å². The van der Waals surface area contributed by atoms with Crippen molar-refractivity contribution in [1.29, 1.82) is 0 Å². The topological polar surface area (TPSA) is 111 Å². The summed E-state index contributed by atoms with van der Waals surface area (Å²) in [6.07, 6.45) is 0.727. The highest BCUT2D eigenvalue weighted by molar-refractivity contribution is 5.94. The fraction of sp³-hybridized carbons (Fsp3) is 0.615. The first kappa shape index (κ1) is 27.4. The second-order valence-electron chi connectivity index (χ2n) is 9.98. The average molecular weight is 501 g/mol. The molecule has 2 amide bonds. The van der Waals surface area contributed by atoms with Gasteiger partial charge in [-0.2, -0.15) is 5.10 Å². The third-order valence-electron chi connectivity index (χ3n) is 5.98. The highest BCUT2D eigenvalue weighted by atomic mass is 16.5. The highest BCUT2D eigenvalue weighted by Crippen LogP contribution is 2.28. The van der Waals surface area contributed by atoms with Gasteiger partial charge in [0.05, 0.1) is 26.2 Å². The van der Waals surface area contributed by atoms with Gasteiger partial charge in [0.15, 0.2) is 11.5 Å². The van der Waals surface area contributed by atoms with E-state index >= 15 is 0 Å². The molecule has 36 heavy (non-hydrogen) atoms. The summed E-state index contributed by atoms with van der Waals surface area (Å²) in [6, 6.07) is 4.88. The minimum atomic E-state index is -0.283. The molecular formula is C26H40N6O4. The Morgan fingerprint density at radius 2 is 1.97 bits per heavy atom. The molecule has 0 unspecified atom stereocenters. The van der Waals surface area contributed by atoms with Crippen LogP contribution in [0.25, 0.3) is 0 Å². The summed E-state index contributed by atoms with van der Waals surface area (Å²) in [5.74, 6) is 2.69. The third-order valence-corrected chi connectivity index (χ3v) is 5.98. The minimum absolute atomic E-state index is 0.0537. The molecule has 1 aromatic heterocycles. The first-order valence-corrected chi connectivity index (χ1v) is 12.7. The van der Waals surface area contributed by atoms with E-state index < -0.39 is 0 Å². The number of carbonyl (C=O) groups excluding carboxylic acids is 2. The summed E-state index contributed by atoms with van der Waals surface area (Å²) in [4.78, 5) is 32.6. The van der Waals surface area contributed by atoms with Gasteiger partial charge >= 0.3 is 0 Å². The summed E-state index contributed by atoms with van der Waals surface area (Å²) in [5.41, 5.74) is 0.504. The maximum absolute atomic E-state index is 13.1. The normalized spacial score (nSPS) is 18.6. The highest BCUT2D eigenvalue weighted by Gasteiger charge is 2.26. The zero-order chi connectivity index (χ0) is 26.2. The molecule has 0 saturated carbocycles. The number of ether oxygens (including phenoxy) is 2. The molecule has 0 aliphatic carbocycles. The molecule has 0 radical (unpaired) electrons. The number of nitrogens with one attached hydrogen (secondary N) is 2. The van der Waals surface area contributed by atoms with Crippen LogP contribution in [-0.4, -0.2) is 71.4 Å². The molecule has 4 rings (SSSR count). The third kappa shape index (κ3) is 7.43. The number of amides is 2. The Morgan fingerprint density at radius 1 is 1.19 bits per heavy atom. The summed E-state index contributed by atoms with van der Waals surface area (Å²) >= 11 is 0. The molecule has 10 heteroatoms. The summed E-state index contributed by atoms with van der Waals surface area (Å²) in [6.45, 7) is 13.3. The van der Waals surface area contributed by atoms with Gasteiger partial charge in [0.2, 0.25) is 5.91 Å². The summed E-state index contributed by atoms with van der Waals surface area (Å²) in [7, 11) is 1.55. The van der Waals surface area contributed by atoms with Crippen molar-refractivity contribution in [3.63, 3.8) is 0 Å². The van der Waals surface area contributed by atoms with Gasteiger partial charge in [0.1, 0.15) is 18.3 Å². The van der Waals surface area contributed by atoms with Crippen LogP contribution in [-0.2, 0) is 11.3 Å². The number of hydrogen-bond acceptors (Lipinski definition) is 7. The molecule has 2 aromatic rings. The van der Waals surface area contributed by atoms with Crippen LogP contribution in [0.5, 0.6) is 11.5 Å². The molecule has 1 aromatic carbocycles. The molecule has 1 atom stereocenters. The smallest absolute Gasteiger partial charge is 0.251 e. The Labute approximate surface area is 213 Å². The molecule has 2 bridgehead atoms. The molecule has 2 aliphatic heterocycles. The van der Waals surface area contributed by atoms with Gasteiger partial charge in [-0.1, -0.05) is 27.7 Å². The molecule has 0 fully saturated rings. The Morgan fingerprint density at radius 3 is 2.67 bits per heavy atom. The number of fused-ring (bicyclic) bond motifs is 13. The number of aryl methyl sites for hydroxylation is 1. The van der Waals surface area contributed by atoms with E-state index in [1.807, 2.05) is 6.92 Å². The zero-order valence-corrected chi connectivity index (χ0v) is 22.3. The molecule has 198 valence electrons. The fourth-order valence-electron chi connectivity index (χ4n) is 4.35. The van der Waals surface area contributed by atoms with Crippen molar-refractivity contribution < 1.29 is 19.1 Å². The lowest BCUT2D eigenvalue weighted by atomic mass is 10.0. The average Bonchev–Trinajstić information content (AvgIpc) is 3.18. The maximum atomic E-state index is 13.1. The van der Waals surface area contributed by atoms with E-state index in [1.54, 1.807) is 30.0 Å².